The van der Waals surface area contributed by atoms with E-state index in [0.29, 0.717) is 23.2 Å². The first-order valence-electron chi connectivity index (χ1n) is 7.30. The minimum Gasteiger partial charge on any atom is -0.349 e. The van der Waals surface area contributed by atoms with Crippen LogP contribution in [-0.2, 0) is 0 Å². The fourth-order valence-electron chi connectivity index (χ4n) is 3.59. The molecule has 1 aliphatic carbocycles. The second-order valence-electron chi connectivity index (χ2n) is 5.96. The molecule has 2 fully saturated rings. The molecule has 21 heavy (non-hydrogen) atoms. The highest BCUT2D eigenvalue weighted by atomic mass is 16.1. The largest absolute Gasteiger partial charge is 0.349 e. The van der Waals surface area contributed by atoms with Crippen molar-refractivity contribution in [3.05, 3.63) is 41.7 Å². The summed E-state index contributed by atoms with van der Waals surface area (Å²) in [6.45, 7) is 1.00. The summed E-state index contributed by atoms with van der Waals surface area (Å²) >= 11 is 0. The monoisotopic (exact) mass is 280 g/mol. The van der Waals surface area contributed by atoms with Crippen molar-refractivity contribution in [2.24, 2.45) is 5.92 Å². The van der Waals surface area contributed by atoms with Crippen molar-refractivity contribution in [2.75, 3.05) is 6.54 Å². The molecule has 2 bridgehead atoms. The molecule has 0 radical (unpaired) electrons. The molecular weight excluding hydrogens is 264 g/mol. The van der Waals surface area contributed by atoms with Crippen LogP contribution in [0, 0.1) is 17.2 Å². The summed E-state index contributed by atoms with van der Waals surface area (Å²) in [5, 5.41) is 15.7. The predicted octanol–water partition coefficient (Wildman–Crippen LogP) is 1.29. The lowest BCUT2D eigenvalue weighted by Crippen LogP contribution is -2.44. The molecule has 2 aromatic heterocycles. The summed E-state index contributed by atoms with van der Waals surface area (Å²) in [4.78, 5) is 12.4. The maximum atomic E-state index is 12.4. The van der Waals surface area contributed by atoms with Crippen LogP contribution >= 0.6 is 0 Å². The van der Waals surface area contributed by atoms with Gasteiger partial charge in [-0.05, 0) is 43.0 Å². The minimum absolute atomic E-state index is 0.0490. The van der Waals surface area contributed by atoms with Crippen LogP contribution in [-0.4, -0.2) is 28.9 Å². The molecule has 1 saturated heterocycles. The van der Waals surface area contributed by atoms with E-state index in [0.717, 1.165) is 18.5 Å². The molecule has 5 nitrogen and oxygen atoms in total. The Labute approximate surface area is 122 Å². The van der Waals surface area contributed by atoms with Crippen molar-refractivity contribution in [2.45, 2.75) is 24.9 Å². The highest BCUT2D eigenvalue weighted by molar-refractivity contribution is 5.94. The zero-order valence-corrected chi connectivity index (χ0v) is 11.5. The number of nitriles is 1. The van der Waals surface area contributed by atoms with E-state index in [9.17, 15) is 4.79 Å². The molecule has 1 aliphatic heterocycles. The summed E-state index contributed by atoms with van der Waals surface area (Å²) in [7, 11) is 0. The van der Waals surface area contributed by atoms with Crippen LogP contribution in [0.4, 0.5) is 0 Å². The van der Waals surface area contributed by atoms with Crippen molar-refractivity contribution in [1.82, 2.24) is 15.0 Å². The van der Waals surface area contributed by atoms with Crippen molar-refractivity contribution in [3.63, 3.8) is 0 Å². The number of amides is 1. The first-order chi connectivity index (χ1) is 10.2. The molecule has 5 heteroatoms. The highest BCUT2D eigenvalue weighted by Gasteiger charge is 2.40. The van der Waals surface area contributed by atoms with Gasteiger partial charge in [0.15, 0.2) is 0 Å². The Hall–Kier alpha value is -2.32. The van der Waals surface area contributed by atoms with Crippen molar-refractivity contribution in [1.29, 1.82) is 5.26 Å². The average molecular weight is 280 g/mol. The van der Waals surface area contributed by atoms with E-state index >= 15 is 0 Å². The Morgan fingerprint density at radius 3 is 2.90 bits per heavy atom. The van der Waals surface area contributed by atoms with Crippen LogP contribution < -0.4 is 10.6 Å². The van der Waals surface area contributed by atoms with Gasteiger partial charge in [0.05, 0.1) is 5.56 Å². The summed E-state index contributed by atoms with van der Waals surface area (Å²) in [5.41, 5.74) is 2.07. The number of pyridine rings is 1. The summed E-state index contributed by atoms with van der Waals surface area (Å²) < 4.78 is 1.76. The van der Waals surface area contributed by atoms with E-state index in [1.807, 2.05) is 18.2 Å². The lowest BCUT2D eigenvalue weighted by Gasteiger charge is -2.23. The van der Waals surface area contributed by atoms with Crippen molar-refractivity contribution in [3.8, 4) is 6.07 Å². The molecule has 0 aromatic carbocycles. The fourth-order valence-corrected chi connectivity index (χ4v) is 3.59. The number of nitrogens with one attached hydrogen (secondary N) is 2. The van der Waals surface area contributed by atoms with Gasteiger partial charge < -0.3 is 15.0 Å². The standard InChI is InChI=1S/C16H16N4O/c17-7-14-4-3-13-2-1-10(9-20(13)14)16(21)19-15-6-12-5-11(15)8-18-12/h1-4,9,11-12,15,18H,5-6,8H2,(H,19,21). The van der Waals surface area contributed by atoms with Crippen molar-refractivity contribution < 1.29 is 4.79 Å². The zero-order valence-electron chi connectivity index (χ0n) is 11.5. The number of nitrogens with zero attached hydrogens (tertiary/aromatic N) is 2. The zero-order chi connectivity index (χ0) is 14.4. The third-order valence-corrected chi connectivity index (χ3v) is 4.71. The van der Waals surface area contributed by atoms with Gasteiger partial charge in [-0.1, -0.05) is 0 Å². The van der Waals surface area contributed by atoms with Gasteiger partial charge in [0, 0.05) is 30.3 Å². The molecule has 106 valence electrons. The van der Waals surface area contributed by atoms with Gasteiger partial charge in [-0.25, -0.2) is 0 Å². The highest BCUT2D eigenvalue weighted by Crippen LogP contribution is 2.31. The number of rotatable bonds is 2. The molecule has 3 atom stereocenters. The van der Waals surface area contributed by atoms with Crippen LogP contribution in [0.15, 0.2) is 30.5 Å². The number of aromatic nitrogens is 1. The molecular formula is C16H16N4O. The van der Waals surface area contributed by atoms with E-state index in [1.165, 1.54) is 6.42 Å². The summed E-state index contributed by atoms with van der Waals surface area (Å²) in [5.74, 6) is 0.510. The topological polar surface area (TPSA) is 69.3 Å². The van der Waals surface area contributed by atoms with Gasteiger partial charge in [-0.3, -0.25) is 4.79 Å². The van der Waals surface area contributed by atoms with E-state index in [1.54, 1.807) is 16.7 Å². The summed E-state index contributed by atoms with van der Waals surface area (Å²) in [6.07, 6.45) is 3.93. The number of carbonyl (C=O) groups excluding carboxylic acids is 1. The van der Waals surface area contributed by atoms with Gasteiger partial charge >= 0.3 is 0 Å². The number of piperidine rings is 1. The van der Waals surface area contributed by atoms with Gasteiger partial charge in [-0.2, -0.15) is 5.26 Å². The Kier molecular flexibility index (Phi) is 2.72. The van der Waals surface area contributed by atoms with Crippen LogP contribution in [0.25, 0.3) is 5.52 Å². The van der Waals surface area contributed by atoms with E-state index in [-0.39, 0.29) is 11.9 Å². The smallest absolute Gasteiger partial charge is 0.253 e. The van der Waals surface area contributed by atoms with E-state index in [2.05, 4.69) is 16.7 Å². The van der Waals surface area contributed by atoms with Crippen LogP contribution in [0.3, 0.4) is 0 Å². The van der Waals surface area contributed by atoms with Crippen LogP contribution in [0.1, 0.15) is 28.9 Å². The fraction of sp³-hybridized carbons (Fsp3) is 0.375. The van der Waals surface area contributed by atoms with E-state index in [4.69, 9.17) is 5.26 Å². The molecule has 4 rings (SSSR count). The van der Waals surface area contributed by atoms with Gasteiger partial charge in [0.1, 0.15) is 11.8 Å². The Morgan fingerprint density at radius 1 is 1.33 bits per heavy atom. The first kappa shape index (κ1) is 12.4. The maximum Gasteiger partial charge on any atom is 0.253 e. The van der Waals surface area contributed by atoms with Gasteiger partial charge in [0.25, 0.3) is 5.91 Å². The van der Waals surface area contributed by atoms with Crippen LogP contribution in [0.2, 0.25) is 0 Å². The SMILES string of the molecule is N#Cc1ccc2ccc(C(=O)NC3CC4CC3CN4)cn12. The number of carbonyl (C=O) groups is 1. The lowest BCUT2D eigenvalue weighted by molar-refractivity contribution is 0.0924. The van der Waals surface area contributed by atoms with Gasteiger partial charge in [0.2, 0.25) is 0 Å². The molecule has 2 aromatic rings. The second kappa shape index (κ2) is 4.61. The normalized spacial score (nSPS) is 26.9. The van der Waals surface area contributed by atoms with Gasteiger partial charge in [-0.15, -0.1) is 0 Å². The average Bonchev–Trinajstić information content (AvgIpc) is 3.21. The molecule has 0 spiro atoms. The summed E-state index contributed by atoms with van der Waals surface area (Å²) in [6, 6.07) is 10.3. The second-order valence-corrected chi connectivity index (χ2v) is 5.96. The molecule has 1 amide bonds. The lowest BCUT2D eigenvalue weighted by atomic mass is 10.0. The van der Waals surface area contributed by atoms with E-state index < -0.39 is 0 Å². The number of hydrogen-bond donors (Lipinski definition) is 2. The number of fused-ring (bicyclic) bond motifs is 3. The van der Waals surface area contributed by atoms with Crippen molar-refractivity contribution >= 4 is 11.4 Å². The predicted molar refractivity (Wildman–Crippen MR) is 77.9 cm³/mol. The third kappa shape index (κ3) is 1.99. The molecule has 3 heterocycles. The maximum absolute atomic E-state index is 12.4. The minimum atomic E-state index is -0.0490. The first-order valence-corrected chi connectivity index (χ1v) is 7.30. The molecule has 3 unspecified atom stereocenters. The molecule has 2 aliphatic rings. The quantitative estimate of drug-likeness (QED) is 0.871. The Morgan fingerprint density at radius 2 is 2.19 bits per heavy atom. The third-order valence-electron chi connectivity index (χ3n) is 4.71. The molecule has 2 N–H and O–H groups in total. The Balaban J connectivity index is 1.58. The Bertz CT molecular complexity index is 757. The molecule has 1 saturated carbocycles. The number of hydrogen-bond acceptors (Lipinski definition) is 3. The van der Waals surface area contributed by atoms with Crippen LogP contribution in [0.5, 0.6) is 0 Å².